The number of aromatic nitrogens is 1. The molecule has 0 unspecified atom stereocenters. The van der Waals surface area contributed by atoms with Gasteiger partial charge in [0.25, 0.3) is 0 Å². The minimum absolute atomic E-state index is 1.03. The van der Waals surface area contributed by atoms with Crippen LogP contribution in [0.4, 0.5) is 0 Å². The zero-order chi connectivity index (χ0) is 13.5. The maximum atomic E-state index is 4.28. The number of hydrogen-bond donors (Lipinski definition) is 0. The largest absolute Gasteiger partial charge is 0.264 e. The average Bonchev–Trinajstić information content (AvgIpc) is 2.46. The van der Waals surface area contributed by atoms with Crippen LogP contribution in [0.5, 0.6) is 0 Å². The first-order chi connectivity index (χ1) is 9.35. The molecule has 0 radical (unpaired) electrons. The molecule has 1 aromatic heterocycles. The SMILES string of the molecule is CCSCc1cccc(-c2cnccc2CSC)c1. The van der Waals surface area contributed by atoms with Crippen molar-refractivity contribution in [3.63, 3.8) is 0 Å². The number of pyridine rings is 1. The van der Waals surface area contributed by atoms with Crippen LogP contribution in [0.3, 0.4) is 0 Å². The number of nitrogens with zero attached hydrogens (tertiary/aromatic N) is 1. The number of hydrogen-bond acceptors (Lipinski definition) is 3. The molecule has 0 fully saturated rings. The highest BCUT2D eigenvalue weighted by molar-refractivity contribution is 7.98. The van der Waals surface area contributed by atoms with Gasteiger partial charge in [-0.1, -0.05) is 31.2 Å². The summed E-state index contributed by atoms with van der Waals surface area (Å²) >= 11 is 3.81. The molecule has 2 rings (SSSR count). The lowest BCUT2D eigenvalue weighted by Gasteiger charge is -2.09. The standard InChI is InChI=1S/C16H19NS2/c1-3-19-11-13-5-4-6-14(9-13)16-10-17-8-7-15(16)12-18-2/h4-10H,3,11-12H2,1-2H3. The molecule has 0 saturated heterocycles. The molecule has 0 aliphatic rings. The van der Waals surface area contributed by atoms with Gasteiger partial charge in [0.2, 0.25) is 0 Å². The highest BCUT2D eigenvalue weighted by Crippen LogP contribution is 2.27. The van der Waals surface area contributed by atoms with E-state index in [9.17, 15) is 0 Å². The van der Waals surface area contributed by atoms with E-state index in [4.69, 9.17) is 0 Å². The summed E-state index contributed by atoms with van der Waals surface area (Å²) in [6.07, 6.45) is 6.00. The van der Waals surface area contributed by atoms with Gasteiger partial charge in [-0.3, -0.25) is 4.98 Å². The summed E-state index contributed by atoms with van der Waals surface area (Å²) in [5.41, 5.74) is 5.30. The molecule has 0 atom stereocenters. The van der Waals surface area contributed by atoms with Crippen molar-refractivity contribution in [2.75, 3.05) is 12.0 Å². The molecule has 0 saturated carbocycles. The van der Waals surface area contributed by atoms with E-state index < -0.39 is 0 Å². The third-order valence-corrected chi connectivity index (χ3v) is 4.47. The molecule has 0 spiro atoms. The van der Waals surface area contributed by atoms with Crippen molar-refractivity contribution in [2.24, 2.45) is 0 Å². The van der Waals surface area contributed by atoms with E-state index in [-0.39, 0.29) is 0 Å². The molecule has 0 amide bonds. The number of thioether (sulfide) groups is 2. The average molecular weight is 289 g/mol. The monoisotopic (exact) mass is 289 g/mol. The summed E-state index contributed by atoms with van der Waals surface area (Å²) in [6.45, 7) is 2.20. The Balaban J connectivity index is 2.30. The molecule has 1 heterocycles. The van der Waals surface area contributed by atoms with Crippen LogP contribution in [0, 0.1) is 0 Å². The van der Waals surface area contributed by atoms with Crippen LogP contribution in [0.15, 0.2) is 42.7 Å². The second-order valence-corrected chi connectivity index (χ2v) is 6.44. The fourth-order valence-electron chi connectivity index (χ4n) is 2.01. The van der Waals surface area contributed by atoms with Crippen molar-refractivity contribution in [3.8, 4) is 11.1 Å². The van der Waals surface area contributed by atoms with Crippen LogP contribution in [-0.2, 0) is 11.5 Å². The van der Waals surface area contributed by atoms with Gasteiger partial charge in [-0.2, -0.15) is 23.5 Å². The van der Waals surface area contributed by atoms with Gasteiger partial charge in [0.05, 0.1) is 0 Å². The molecule has 3 heteroatoms. The first-order valence-corrected chi connectivity index (χ1v) is 8.99. The maximum absolute atomic E-state index is 4.28. The second kappa shape index (κ2) is 7.61. The van der Waals surface area contributed by atoms with E-state index in [0.29, 0.717) is 0 Å². The predicted octanol–water partition coefficient (Wildman–Crippen LogP) is 4.86. The Morgan fingerprint density at radius 2 is 2.05 bits per heavy atom. The maximum Gasteiger partial charge on any atom is 0.0349 e. The lowest BCUT2D eigenvalue weighted by molar-refractivity contribution is 1.27. The second-order valence-electron chi connectivity index (χ2n) is 4.30. The number of rotatable bonds is 6. The van der Waals surface area contributed by atoms with Crippen LogP contribution >= 0.6 is 23.5 Å². The highest BCUT2D eigenvalue weighted by atomic mass is 32.2. The van der Waals surface area contributed by atoms with Gasteiger partial charge in [-0.05, 0) is 34.8 Å². The highest BCUT2D eigenvalue weighted by Gasteiger charge is 2.05. The van der Waals surface area contributed by atoms with E-state index in [1.54, 1.807) is 0 Å². The van der Waals surface area contributed by atoms with Crippen LogP contribution < -0.4 is 0 Å². The van der Waals surface area contributed by atoms with E-state index in [1.165, 1.54) is 22.3 Å². The van der Waals surface area contributed by atoms with Crippen LogP contribution in [0.2, 0.25) is 0 Å². The normalized spacial score (nSPS) is 10.6. The van der Waals surface area contributed by atoms with Crippen molar-refractivity contribution < 1.29 is 0 Å². The van der Waals surface area contributed by atoms with Crippen molar-refractivity contribution in [1.29, 1.82) is 0 Å². The molecular weight excluding hydrogens is 270 g/mol. The van der Waals surface area contributed by atoms with Crippen molar-refractivity contribution in [3.05, 3.63) is 53.9 Å². The fourth-order valence-corrected chi connectivity index (χ4v) is 3.20. The van der Waals surface area contributed by atoms with Gasteiger partial charge in [-0.15, -0.1) is 0 Å². The summed E-state index contributed by atoms with van der Waals surface area (Å²) in [7, 11) is 0. The molecule has 0 aliphatic heterocycles. The van der Waals surface area contributed by atoms with Crippen LogP contribution in [-0.4, -0.2) is 17.0 Å². The predicted molar refractivity (Wildman–Crippen MR) is 88.7 cm³/mol. The summed E-state index contributed by atoms with van der Waals surface area (Å²) < 4.78 is 0. The first kappa shape index (κ1) is 14.5. The van der Waals surface area contributed by atoms with Crippen LogP contribution in [0.1, 0.15) is 18.1 Å². The third kappa shape index (κ3) is 4.02. The van der Waals surface area contributed by atoms with Gasteiger partial charge in [0, 0.05) is 29.5 Å². The Bertz CT molecular complexity index is 526. The van der Waals surface area contributed by atoms with E-state index in [2.05, 4.69) is 48.5 Å². The zero-order valence-corrected chi connectivity index (χ0v) is 13.1. The molecular formula is C16H19NS2. The lowest BCUT2D eigenvalue weighted by atomic mass is 10.0. The summed E-state index contributed by atoms with van der Waals surface area (Å²) in [4.78, 5) is 4.28. The van der Waals surface area contributed by atoms with Crippen molar-refractivity contribution in [1.82, 2.24) is 4.98 Å². The smallest absolute Gasteiger partial charge is 0.0349 e. The molecule has 0 aliphatic carbocycles. The summed E-state index contributed by atoms with van der Waals surface area (Å²) in [5.74, 6) is 3.28. The molecule has 2 aromatic rings. The minimum atomic E-state index is 1.03. The van der Waals surface area contributed by atoms with Gasteiger partial charge < -0.3 is 0 Å². The fraction of sp³-hybridized carbons (Fsp3) is 0.312. The van der Waals surface area contributed by atoms with Crippen molar-refractivity contribution >= 4 is 23.5 Å². The topological polar surface area (TPSA) is 12.9 Å². The first-order valence-electron chi connectivity index (χ1n) is 6.44. The minimum Gasteiger partial charge on any atom is -0.264 e. The Hall–Kier alpha value is -0.930. The van der Waals surface area contributed by atoms with E-state index in [0.717, 1.165) is 17.3 Å². The molecule has 1 nitrogen and oxygen atoms in total. The summed E-state index contributed by atoms with van der Waals surface area (Å²) in [5, 5.41) is 0. The molecule has 0 N–H and O–H groups in total. The van der Waals surface area contributed by atoms with E-state index in [1.807, 2.05) is 35.9 Å². The summed E-state index contributed by atoms with van der Waals surface area (Å²) in [6, 6.07) is 11.0. The Morgan fingerprint density at radius 1 is 1.16 bits per heavy atom. The van der Waals surface area contributed by atoms with Gasteiger partial charge in [-0.25, -0.2) is 0 Å². The van der Waals surface area contributed by atoms with Gasteiger partial charge in [0.15, 0.2) is 0 Å². The molecule has 19 heavy (non-hydrogen) atoms. The Morgan fingerprint density at radius 3 is 2.84 bits per heavy atom. The van der Waals surface area contributed by atoms with Crippen LogP contribution in [0.25, 0.3) is 11.1 Å². The number of benzene rings is 1. The third-order valence-electron chi connectivity index (χ3n) is 2.92. The Labute approximate surface area is 124 Å². The zero-order valence-electron chi connectivity index (χ0n) is 11.4. The quantitative estimate of drug-likeness (QED) is 0.753. The van der Waals surface area contributed by atoms with Gasteiger partial charge in [0.1, 0.15) is 0 Å². The molecule has 1 aromatic carbocycles. The lowest BCUT2D eigenvalue weighted by Crippen LogP contribution is -1.90. The van der Waals surface area contributed by atoms with E-state index >= 15 is 0 Å². The molecule has 100 valence electrons. The Kier molecular flexibility index (Phi) is 5.80. The molecule has 0 bridgehead atoms. The van der Waals surface area contributed by atoms with Crippen molar-refractivity contribution in [2.45, 2.75) is 18.4 Å². The van der Waals surface area contributed by atoms with Gasteiger partial charge >= 0.3 is 0 Å².